The molecule has 1 heterocycles. The van der Waals surface area contributed by atoms with E-state index < -0.39 is 9.28 Å². The molecule has 0 spiro atoms. The lowest BCUT2D eigenvalue weighted by atomic mass is 9.96. The molecular weight excluding hydrogens is 334 g/mol. The first-order valence-electron chi connectivity index (χ1n) is 10.1. The van der Waals surface area contributed by atoms with Crippen LogP contribution in [0.15, 0.2) is 24.3 Å². The van der Waals surface area contributed by atoms with Crippen LogP contribution in [0.2, 0.25) is 0 Å². The maximum absolute atomic E-state index is 2.77. The summed E-state index contributed by atoms with van der Waals surface area (Å²) in [5, 5.41) is 0. The van der Waals surface area contributed by atoms with Gasteiger partial charge in [-0.1, -0.05) is 81.4 Å². The Labute approximate surface area is 164 Å². The van der Waals surface area contributed by atoms with E-state index in [1.165, 1.54) is 11.4 Å². The molecule has 0 unspecified atom stereocenters. The minimum absolute atomic E-state index is 0.264. The number of nitrogens with zero attached hydrogens (tertiary/aromatic N) is 3. The molecule has 0 amide bonds. The fraction of sp³-hybridized carbons (Fsp3) is 0.727. The van der Waals surface area contributed by atoms with Crippen LogP contribution in [-0.4, -0.2) is 39.0 Å². The van der Waals surface area contributed by atoms with Crippen LogP contribution >= 0.6 is 0 Å². The van der Waals surface area contributed by atoms with Gasteiger partial charge in [0.05, 0.1) is 9.28 Å². The fourth-order valence-corrected chi connectivity index (χ4v) is 7.69. The van der Waals surface area contributed by atoms with Gasteiger partial charge in [-0.3, -0.25) is 0 Å². The Balaban J connectivity index is 2.59. The van der Waals surface area contributed by atoms with Gasteiger partial charge in [0.25, 0.3) is 0 Å². The molecule has 0 saturated carbocycles. The summed E-state index contributed by atoms with van der Waals surface area (Å²) in [6, 6.07) is 10.1. The SMILES string of the molecule is CC(C)N(C(C)C)[Si-]1N(CC(C)(C)C)c2ccccc2N1CC(C)(C)C. The molecular formula is C22H40N3Si-. The minimum Gasteiger partial charge on any atom is -0.511 e. The first-order valence-corrected chi connectivity index (χ1v) is 11.5. The van der Waals surface area contributed by atoms with Crippen LogP contribution < -0.4 is 9.13 Å². The smallest absolute Gasteiger partial charge is 0.0566 e. The molecule has 148 valence electrons. The molecule has 0 radical (unpaired) electrons. The Bertz CT molecular complexity index is 547. The van der Waals surface area contributed by atoms with Gasteiger partial charge in [-0.05, 0) is 48.1 Å². The van der Waals surface area contributed by atoms with E-state index >= 15 is 0 Å². The van der Waals surface area contributed by atoms with E-state index in [1.54, 1.807) is 0 Å². The second kappa shape index (κ2) is 7.55. The molecule has 0 atom stereocenters. The summed E-state index contributed by atoms with van der Waals surface area (Å²) in [6.45, 7) is 25.7. The highest BCUT2D eigenvalue weighted by Gasteiger charge is 2.34. The Morgan fingerprint density at radius 3 is 1.38 bits per heavy atom. The van der Waals surface area contributed by atoms with E-state index in [0.29, 0.717) is 12.1 Å². The van der Waals surface area contributed by atoms with E-state index in [-0.39, 0.29) is 10.8 Å². The summed E-state index contributed by atoms with van der Waals surface area (Å²) < 4.78 is 8.25. The third-order valence-corrected chi connectivity index (χ3v) is 7.81. The second-order valence-electron chi connectivity index (χ2n) is 10.7. The van der Waals surface area contributed by atoms with Crippen LogP contribution in [0.5, 0.6) is 0 Å². The fourth-order valence-electron chi connectivity index (χ4n) is 3.88. The lowest BCUT2D eigenvalue weighted by Crippen LogP contribution is -2.66. The van der Waals surface area contributed by atoms with Gasteiger partial charge in [-0.25, -0.2) is 0 Å². The van der Waals surface area contributed by atoms with Crippen molar-refractivity contribution < 1.29 is 0 Å². The third kappa shape index (κ3) is 4.83. The summed E-state index contributed by atoms with van der Waals surface area (Å²) in [7, 11) is -1.05. The quantitative estimate of drug-likeness (QED) is 0.629. The molecule has 0 saturated heterocycles. The van der Waals surface area contributed by atoms with Crippen molar-refractivity contribution in [3.05, 3.63) is 24.3 Å². The highest BCUT2D eigenvalue weighted by molar-refractivity contribution is 6.67. The molecule has 1 aromatic carbocycles. The topological polar surface area (TPSA) is 9.72 Å². The normalized spacial score (nSPS) is 16.3. The Kier molecular flexibility index (Phi) is 6.19. The number of fused-ring (bicyclic) bond motifs is 1. The molecule has 0 aromatic heterocycles. The first-order chi connectivity index (χ1) is 11.8. The standard InChI is InChI=1S/C22H40N3Si/c1-17(2)25(18(3)4)26-23(15-21(5,6)7)19-13-11-12-14-20(19)24(26)16-22(8,9)10/h11-14,17-18H,15-16H2,1-10H3/q-1. The maximum Gasteiger partial charge on any atom is 0.0566 e. The van der Waals surface area contributed by atoms with Crippen LogP contribution in [0.1, 0.15) is 69.2 Å². The lowest BCUT2D eigenvalue weighted by Gasteiger charge is -2.58. The third-order valence-electron chi connectivity index (χ3n) is 4.55. The number of anilines is 2. The summed E-state index contributed by atoms with van der Waals surface area (Å²) in [4.78, 5) is 0. The molecule has 1 aromatic rings. The van der Waals surface area contributed by atoms with Gasteiger partial charge in [0.15, 0.2) is 0 Å². The van der Waals surface area contributed by atoms with Crippen molar-refractivity contribution in [3.8, 4) is 0 Å². The number of hydrogen-bond donors (Lipinski definition) is 0. The van der Waals surface area contributed by atoms with Gasteiger partial charge in [0.2, 0.25) is 0 Å². The van der Waals surface area contributed by atoms with Crippen molar-refractivity contribution in [3.63, 3.8) is 0 Å². The molecule has 4 heteroatoms. The summed E-state index contributed by atoms with van der Waals surface area (Å²) in [5.74, 6) is 0. The molecule has 3 nitrogen and oxygen atoms in total. The maximum atomic E-state index is 2.77. The molecule has 0 fully saturated rings. The molecule has 0 bridgehead atoms. The van der Waals surface area contributed by atoms with Gasteiger partial charge in [0, 0.05) is 11.4 Å². The molecule has 2 rings (SSSR count). The predicted molar refractivity (Wildman–Crippen MR) is 118 cm³/mol. The van der Waals surface area contributed by atoms with Crippen molar-refractivity contribution in [2.75, 3.05) is 22.2 Å². The van der Waals surface area contributed by atoms with E-state index in [2.05, 4.69) is 107 Å². The number of hydrogen-bond acceptors (Lipinski definition) is 3. The molecule has 0 N–H and O–H groups in total. The van der Waals surface area contributed by atoms with E-state index in [4.69, 9.17) is 0 Å². The zero-order valence-electron chi connectivity index (χ0n) is 18.7. The summed E-state index contributed by atoms with van der Waals surface area (Å²) in [5.41, 5.74) is 3.37. The Morgan fingerprint density at radius 2 is 1.12 bits per heavy atom. The van der Waals surface area contributed by atoms with Crippen molar-refractivity contribution in [1.29, 1.82) is 0 Å². The van der Waals surface area contributed by atoms with Crippen molar-refractivity contribution in [1.82, 2.24) is 4.57 Å². The van der Waals surface area contributed by atoms with Crippen LogP contribution in [0.3, 0.4) is 0 Å². The Hall–Kier alpha value is -1.00. The predicted octanol–water partition coefficient (Wildman–Crippen LogP) is 5.51. The first kappa shape index (κ1) is 21.3. The van der Waals surface area contributed by atoms with Crippen LogP contribution in [0.25, 0.3) is 0 Å². The second-order valence-corrected chi connectivity index (χ2v) is 12.9. The van der Waals surface area contributed by atoms with Crippen molar-refractivity contribution in [2.45, 2.75) is 81.3 Å². The summed E-state index contributed by atoms with van der Waals surface area (Å²) in [6.07, 6.45) is 0. The lowest BCUT2D eigenvalue weighted by molar-refractivity contribution is 0.293. The van der Waals surface area contributed by atoms with Gasteiger partial charge in [0.1, 0.15) is 0 Å². The molecule has 0 aliphatic carbocycles. The number of para-hydroxylation sites is 2. The highest BCUT2D eigenvalue weighted by Crippen LogP contribution is 2.42. The van der Waals surface area contributed by atoms with Gasteiger partial charge in [-0.15, -0.1) is 0 Å². The van der Waals surface area contributed by atoms with Gasteiger partial charge in [-0.2, -0.15) is 0 Å². The van der Waals surface area contributed by atoms with Crippen molar-refractivity contribution in [2.24, 2.45) is 10.8 Å². The van der Waals surface area contributed by atoms with Gasteiger partial charge >= 0.3 is 0 Å². The molecule has 1 aliphatic heterocycles. The molecule has 26 heavy (non-hydrogen) atoms. The summed E-state index contributed by atoms with van der Waals surface area (Å²) >= 11 is 0. The van der Waals surface area contributed by atoms with Gasteiger partial charge < -0.3 is 13.7 Å². The monoisotopic (exact) mass is 374 g/mol. The van der Waals surface area contributed by atoms with Crippen LogP contribution in [-0.2, 0) is 0 Å². The highest BCUT2D eigenvalue weighted by atomic mass is 28.3. The minimum atomic E-state index is -1.05. The van der Waals surface area contributed by atoms with E-state index in [9.17, 15) is 0 Å². The average molecular weight is 375 g/mol. The van der Waals surface area contributed by atoms with Crippen LogP contribution in [0, 0.1) is 10.8 Å². The van der Waals surface area contributed by atoms with E-state index in [0.717, 1.165) is 13.1 Å². The number of rotatable bonds is 5. The zero-order valence-corrected chi connectivity index (χ0v) is 19.7. The number of benzene rings is 1. The van der Waals surface area contributed by atoms with Crippen LogP contribution in [0.4, 0.5) is 11.4 Å². The average Bonchev–Trinajstić information content (AvgIpc) is 2.70. The van der Waals surface area contributed by atoms with E-state index in [1.807, 2.05) is 0 Å². The molecule has 1 aliphatic rings. The van der Waals surface area contributed by atoms with Crippen molar-refractivity contribution >= 4 is 20.7 Å². The zero-order chi connectivity index (χ0) is 19.9. The largest absolute Gasteiger partial charge is 0.511 e. The Morgan fingerprint density at radius 1 is 0.769 bits per heavy atom.